The predicted molar refractivity (Wildman–Crippen MR) is 105 cm³/mol. The highest BCUT2D eigenvalue weighted by Crippen LogP contribution is 2.30. The minimum absolute atomic E-state index is 0.0671. The molecule has 2 fully saturated rings. The van der Waals surface area contributed by atoms with Crippen molar-refractivity contribution in [2.75, 3.05) is 13.1 Å². The van der Waals surface area contributed by atoms with Crippen LogP contribution < -0.4 is 5.32 Å². The minimum atomic E-state index is -0.0671. The van der Waals surface area contributed by atoms with E-state index in [-0.39, 0.29) is 17.7 Å². The van der Waals surface area contributed by atoms with Crippen molar-refractivity contribution in [2.24, 2.45) is 5.92 Å². The molecular formula is C20H24BrN3O2. The maximum absolute atomic E-state index is 12.9. The quantitative estimate of drug-likeness (QED) is 0.829. The van der Waals surface area contributed by atoms with E-state index in [1.165, 1.54) is 0 Å². The van der Waals surface area contributed by atoms with Gasteiger partial charge >= 0.3 is 0 Å². The van der Waals surface area contributed by atoms with Crippen molar-refractivity contribution in [3.8, 4) is 0 Å². The zero-order chi connectivity index (χ0) is 18.3. The van der Waals surface area contributed by atoms with Crippen molar-refractivity contribution in [1.82, 2.24) is 14.8 Å². The lowest BCUT2D eigenvalue weighted by Crippen LogP contribution is -2.46. The summed E-state index contributed by atoms with van der Waals surface area (Å²) in [7, 11) is 0. The number of aromatic nitrogens is 1. The van der Waals surface area contributed by atoms with E-state index in [0.717, 1.165) is 53.3 Å². The highest BCUT2D eigenvalue weighted by Gasteiger charge is 2.32. The minimum Gasteiger partial charge on any atom is -0.353 e. The Morgan fingerprint density at radius 2 is 2.00 bits per heavy atom. The van der Waals surface area contributed by atoms with Gasteiger partial charge in [-0.3, -0.25) is 9.59 Å². The molecule has 2 aromatic rings. The topological polar surface area (TPSA) is 54.3 Å². The molecule has 5 nitrogen and oxygen atoms in total. The first kappa shape index (κ1) is 17.6. The SMILES string of the molecule is Cc1c(Br)c2ccccc2n1CC(=O)N1CCCC(C(=O)NC2CC2)C1. The monoisotopic (exact) mass is 417 g/mol. The summed E-state index contributed by atoms with van der Waals surface area (Å²) in [5.74, 6) is 0.142. The van der Waals surface area contributed by atoms with Crippen molar-refractivity contribution in [1.29, 1.82) is 0 Å². The Hall–Kier alpha value is -1.82. The molecule has 0 spiro atoms. The van der Waals surface area contributed by atoms with E-state index in [0.29, 0.717) is 19.1 Å². The zero-order valence-corrected chi connectivity index (χ0v) is 16.6. The van der Waals surface area contributed by atoms with Crippen LogP contribution >= 0.6 is 15.9 Å². The first-order valence-electron chi connectivity index (χ1n) is 9.36. The number of hydrogen-bond donors (Lipinski definition) is 1. The highest BCUT2D eigenvalue weighted by atomic mass is 79.9. The average Bonchev–Trinajstić information content (AvgIpc) is 3.45. The van der Waals surface area contributed by atoms with Gasteiger partial charge in [-0.2, -0.15) is 0 Å². The Labute approximate surface area is 161 Å². The van der Waals surface area contributed by atoms with Crippen molar-refractivity contribution < 1.29 is 9.59 Å². The van der Waals surface area contributed by atoms with Crippen LogP contribution in [0.25, 0.3) is 10.9 Å². The maximum atomic E-state index is 12.9. The molecule has 0 radical (unpaired) electrons. The molecule has 1 aliphatic heterocycles. The largest absolute Gasteiger partial charge is 0.353 e. The average molecular weight is 418 g/mol. The zero-order valence-electron chi connectivity index (χ0n) is 15.0. The second-order valence-corrected chi connectivity index (χ2v) is 8.26. The van der Waals surface area contributed by atoms with E-state index in [4.69, 9.17) is 0 Å². The van der Waals surface area contributed by atoms with Crippen molar-refractivity contribution in [3.63, 3.8) is 0 Å². The number of para-hydroxylation sites is 1. The Bertz CT molecular complexity index is 856. The molecule has 1 saturated heterocycles. The number of nitrogens with zero attached hydrogens (tertiary/aromatic N) is 2. The number of halogens is 1. The second-order valence-electron chi connectivity index (χ2n) is 7.46. The molecule has 2 heterocycles. The van der Waals surface area contributed by atoms with E-state index >= 15 is 0 Å². The third-order valence-electron chi connectivity index (χ3n) is 5.52. The van der Waals surface area contributed by atoms with E-state index in [2.05, 4.69) is 31.9 Å². The molecule has 26 heavy (non-hydrogen) atoms. The van der Waals surface area contributed by atoms with Gasteiger partial charge in [0.15, 0.2) is 0 Å². The molecule has 1 aromatic carbocycles. The van der Waals surface area contributed by atoms with Crippen LogP contribution in [0.1, 0.15) is 31.4 Å². The lowest BCUT2D eigenvalue weighted by molar-refractivity contribution is -0.136. The lowest BCUT2D eigenvalue weighted by atomic mass is 9.97. The van der Waals surface area contributed by atoms with Gasteiger partial charge in [0.1, 0.15) is 6.54 Å². The van der Waals surface area contributed by atoms with Crippen LogP contribution in [0.4, 0.5) is 0 Å². The Morgan fingerprint density at radius 1 is 1.23 bits per heavy atom. The summed E-state index contributed by atoms with van der Waals surface area (Å²) in [6.45, 7) is 3.62. The van der Waals surface area contributed by atoms with Gasteiger partial charge < -0.3 is 14.8 Å². The number of amides is 2. The number of hydrogen-bond acceptors (Lipinski definition) is 2. The molecule has 1 N–H and O–H groups in total. The molecule has 2 aliphatic rings. The number of benzene rings is 1. The lowest BCUT2D eigenvalue weighted by Gasteiger charge is -2.32. The highest BCUT2D eigenvalue weighted by molar-refractivity contribution is 9.10. The molecule has 4 rings (SSSR count). The van der Waals surface area contributed by atoms with Crippen molar-refractivity contribution in [3.05, 3.63) is 34.4 Å². The molecular weight excluding hydrogens is 394 g/mol. The fraction of sp³-hybridized carbons (Fsp3) is 0.500. The first-order valence-corrected chi connectivity index (χ1v) is 10.2. The number of fused-ring (bicyclic) bond motifs is 1. The van der Waals surface area contributed by atoms with E-state index in [1.807, 2.05) is 30.0 Å². The van der Waals surface area contributed by atoms with Crippen LogP contribution in [-0.2, 0) is 16.1 Å². The third kappa shape index (κ3) is 3.39. The molecule has 138 valence electrons. The number of piperidine rings is 1. The molecule has 1 saturated carbocycles. The number of rotatable bonds is 4. The van der Waals surface area contributed by atoms with Crippen LogP contribution in [0.5, 0.6) is 0 Å². The smallest absolute Gasteiger partial charge is 0.242 e. The van der Waals surface area contributed by atoms with Gasteiger partial charge in [-0.05, 0) is 54.6 Å². The maximum Gasteiger partial charge on any atom is 0.242 e. The Morgan fingerprint density at radius 3 is 2.77 bits per heavy atom. The van der Waals surface area contributed by atoms with Gasteiger partial charge in [-0.15, -0.1) is 0 Å². The summed E-state index contributed by atoms with van der Waals surface area (Å²) in [6, 6.07) is 8.48. The Kier molecular flexibility index (Phi) is 4.78. The number of carbonyl (C=O) groups excluding carboxylic acids is 2. The van der Waals surface area contributed by atoms with Gasteiger partial charge in [0.2, 0.25) is 11.8 Å². The summed E-state index contributed by atoms with van der Waals surface area (Å²) in [5.41, 5.74) is 2.12. The van der Waals surface area contributed by atoms with Crippen LogP contribution in [0.3, 0.4) is 0 Å². The van der Waals surface area contributed by atoms with Crippen LogP contribution in [0, 0.1) is 12.8 Å². The summed E-state index contributed by atoms with van der Waals surface area (Å²) < 4.78 is 3.11. The predicted octanol–water partition coefficient (Wildman–Crippen LogP) is 3.23. The summed E-state index contributed by atoms with van der Waals surface area (Å²) in [5, 5.41) is 4.20. The molecule has 2 amide bonds. The molecule has 6 heteroatoms. The summed E-state index contributed by atoms with van der Waals surface area (Å²) in [4.78, 5) is 27.1. The molecule has 1 aromatic heterocycles. The Balaban J connectivity index is 1.48. The summed E-state index contributed by atoms with van der Waals surface area (Å²) >= 11 is 3.65. The second kappa shape index (κ2) is 7.06. The van der Waals surface area contributed by atoms with Crippen molar-refractivity contribution >= 4 is 38.6 Å². The molecule has 1 atom stereocenters. The van der Waals surface area contributed by atoms with Crippen LogP contribution in [0.15, 0.2) is 28.7 Å². The van der Waals surface area contributed by atoms with Crippen LogP contribution in [-0.4, -0.2) is 40.4 Å². The fourth-order valence-electron chi connectivity index (χ4n) is 3.79. The van der Waals surface area contributed by atoms with Gasteiger partial charge in [0.25, 0.3) is 0 Å². The first-order chi connectivity index (χ1) is 12.5. The fourth-order valence-corrected chi connectivity index (χ4v) is 4.34. The molecule has 1 unspecified atom stereocenters. The molecule has 0 bridgehead atoms. The van der Waals surface area contributed by atoms with E-state index < -0.39 is 0 Å². The number of likely N-dealkylation sites (tertiary alicyclic amines) is 1. The standard InChI is InChI=1S/C20H24BrN3O2/c1-13-19(21)16-6-2-3-7-17(16)24(13)12-18(25)23-10-4-5-14(11-23)20(26)22-15-8-9-15/h2-3,6-7,14-15H,4-5,8-12H2,1H3,(H,22,26). The van der Waals surface area contributed by atoms with Gasteiger partial charge in [-0.1, -0.05) is 18.2 Å². The molecule has 1 aliphatic carbocycles. The van der Waals surface area contributed by atoms with Gasteiger partial charge in [-0.25, -0.2) is 0 Å². The number of nitrogens with one attached hydrogen (secondary N) is 1. The summed E-state index contributed by atoms with van der Waals surface area (Å²) in [6.07, 6.45) is 3.95. The van der Waals surface area contributed by atoms with Gasteiger partial charge in [0.05, 0.1) is 5.92 Å². The van der Waals surface area contributed by atoms with Crippen molar-refractivity contribution in [2.45, 2.75) is 45.2 Å². The van der Waals surface area contributed by atoms with Gasteiger partial charge in [0, 0.05) is 40.2 Å². The third-order valence-corrected chi connectivity index (χ3v) is 6.52. The number of carbonyl (C=O) groups is 2. The van der Waals surface area contributed by atoms with E-state index in [1.54, 1.807) is 0 Å². The normalized spacial score (nSPS) is 20.4. The van der Waals surface area contributed by atoms with E-state index in [9.17, 15) is 9.59 Å². The van der Waals surface area contributed by atoms with Crippen LogP contribution in [0.2, 0.25) is 0 Å².